The Morgan fingerprint density at radius 3 is 2.50 bits per heavy atom. The number of nitrogens with zero attached hydrogens (tertiary/aromatic N) is 1. The van der Waals surface area contributed by atoms with Gasteiger partial charge in [-0.2, -0.15) is 0 Å². The highest BCUT2D eigenvalue weighted by Gasteiger charge is 2.02. The largest absolute Gasteiger partial charge is 0.375 e. The van der Waals surface area contributed by atoms with E-state index in [1.807, 2.05) is 6.92 Å². The average molecular weight is 139 g/mol. The van der Waals surface area contributed by atoms with Crippen LogP contribution in [0.1, 0.15) is 6.92 Å². The lowest BCUT2D eigenvalue weighted by atomic mass is 10.2. The summed E-state index contributed by atoms with van der Waals surface area (Å²) in [6.45, 7) is 8.97. The monoisotopic (exact) mass is 139 g/mol. The van der Waals surface area contributed by atoms with Crippen molar-refractivity contribution >= 4 is 5.71 Å². The van der Waals surface area contributed by atoms with Gasteiger partial charge < -0.3 is 4.74 Å². The van der Waals surface area contributed by atoms with Crippen LogP contribution in [0.5, 0.6) is 0 Å². The summed E-state index contributed by atoms with van der Waals surface area (Å²) in [5.41, 5.74) is 0.803. The summed E-state index contributed by atoms with van der Waals surface area (Å²) in [4.78, 5) is 3.95. The standard InChI is InChI=1S/C8H13NO/c1-5-8(9-6-2)7(3)10-4/h5-7H,1-2H2,3-4H3. The predicted molar refractivity (Wildman–Crippen MR) is 44.3 cm³/mol. The van der Waals surface area contributed by atoms with E-state index in [-0.39, 0.29) is 6.10 Å². The number of rotatable bonds is 4. The second-order valence-corrected chi connectivity index (χ2v) is 1.82. The van der Waals surface area contributed by atoms with Crippen LogP contribution in [-0.4, -0.2) is 18.9 Å². The van der Waals surface area contributed by atoms with Gasteiger partial charge in [-0.25, -0.2) is 0 Å². The van der Waals surface area contributed by atoms with Crippen LogP contribution < -0.4 is 0 Å². The molecule has 10 heavy (non-hydrogen) atoms. The third-order valence-electron chi connectivity index (χ3n) is 1.22. The highest BCUT2D eigenvalue weighted by molar-refractivity contribution is 5.98. The van der Waals surface area contributed by atoms with Gasteiger partial charge in [-0.15, -0.1) is 0 Å². The van der Waals surface area contributed by atoms with Gasteiger partial charge in [0.15, 0.2) is 0 Å². The molecular weight excluding hydrogens is 126 g/mol. The third-order valence-corrected chi connectivity index (χ3v) is 1.22. The molecule has 56 valence electrons. The Bertz CT molecular complexity index is 149. The topological polar surface area (TPSA) is 21.6 Å². The van der Waals surface area contributed by atoms with Gasteiger partial charge in [0.2, 0.25) is 0 Å². The maximum atomic E-state index is 5.01. The van der Waals surface area contributed by atoms with Crippen LogP contribution in [0.15, 0.2) is 30.4 Å². The van der Waals surface area contributed by atoms with Crippen molar-refractivity contribution in [3.63, 3.8) is 0 Å². The van der Waals surface area contributed by atoms with E-state index in [1.165, 1.54) is 6.20 Å². The molecule has 0 N–H and O–H groups in total. The summed E-state index contributed by atoms with van der Waals surface area (Å²) in [7, 11) is 1.63. The summed E-state index contributed by atoms with van der Waals surface area (Å²) in [5.74, 6) is 0. The Morgan fingerprint density at radius 2 is 2.20 bits per heavy atom. The van der Waals surface area contributed by atoms with Gasteiger partial charge in [0, 0.05) is 13.3 Å². The average Bonchev–Trinajstić information content (AvgIpc) is 1.99. The smallest absolute Gasteiger partial charge is 0.0962 e. The highest BCUT2D eigenvalue weighted by atomic mass is 16.5. The number of hydrogen-bond acceptors (Lipinski definition) is 2. The van der Waals surface area contributed by atoms with E-state index in [1.54, 1.807) is 13.2 Å². The van der Waals surface area contributed by atoms with Crippen LogP contribution in [0.2, 0.25) is 0 Å². The van der Waals surface area contributed by atoms with Crippen molar-refractivity contribution in [3.8, 4) is 0 Å². The Labute approximate surface area is 61.9 Å². The first kappa shape index (κ1) is 9.11. The first-order chi connectivity index (χ1) is 4.76. The van der Waals surface area contributed by atoms with Crippen molar-refractivity contribution in [1.29, 1.82) is 0 Å². The maximum Gasteiger partial charge on any atom is 0.0962 e. The molecular formula is C8H13NO. The summed E-state index contributed by atoms with van der Waals surface area (Å²) in [6.07, 6.45) is 3.14. The normalized spacial score (nSPS) is 14.4. The van der Waals surface area contributed by atoms with Crippen molar-refractivity contribution in [1.82, 2.24) is 0 Å². The fourth-order valence-corrected chi connectivity index (χ4v) is 0.550. The second kappa shape index (κ2) is 4.94. The van der Waals surface area contributed by atoms with E-state index in [9.17, 15) is 0 Å². The van der Waals surface area contributed by atoms with E-state index in [4.69, 9.17) is 4.74 Å². The van der Waals surface area contributed by atoms with E-state index < -0.39 is 0 Å². The van der Waals surface area contributed by atoms with Crippen molar-refractivity contribution in [2.45, 2.75) is 13.0 Å². The molecule has 0 aromatic rings. The zero-order valence-electron chi connectivity index (χ0n) is 6.50. The molecule has 0 saturated heterocycles. The van der Waals surface area contributed by atoms with E-state index in [2.05, 4.69) is 18.2 Å². The number of aliphatic imine (C=N–C) groups is 1. The minimum Gasteiger partial charge on any atom is -0.375 e. The summed E-state index contributed by atoms with van der Waals surface area (Å²) >= 11 is 0. The number of hydrogen-bond donors (Lipinski definition) is 0. The maximum absolute atomic E-state index is 5.01. The minimum absolute atomic E-state index is 0.00417. The Hall–Kier alpha value is -0.890. The van der Waals surface area contributed by atoms with Gasteiger partial charge in [-0.05, 0) is 13.0 Å². The summed E-state index contributed by atoms with van der Waals surface area (Å²) < 4.78 is 5.01. The van der Waals surface area contributed by atoms with E-state index in [0.29, 0.717) is 0 Å². The van der Waals surface area contributed by atoms with E-state index >= 15 is 0 Å². The fraction of sp³-hybridized carbons (Fsp3) is 0.375. The van der Waals surface area contributed by atoms with Crippen molar-refractivity contribution in [2.75, 3.05) is 7.11 Å². The predicted octanol–water partition coefficient (Wildman–Crippen LogP) is 1.79. The molecule has 0 bridgehead atoms. The molecule has 0 rings (SSSR count). The Morgan fingerprint density at radius 1 is 1.60 bits per heavy atom. The lowest BCUT2D eigenvalue weighted by Gasteiger charge is -2.07. The summed E-state index contributed by atoms with van der Waals surface area (Å²) in [5, 5.41) is 0. The molecule has 1 atom stereocenters. The molecule has 0 heterocycles. The molecule has 0 aromatic carbocycles. The molecule has 2 nitrogen and oxygen atoms in total. The van der Waals surface area contributed by atoms with Crippen LogP contribution in [0.4, 0.5) is 0 Å². The molecule has 1 unspecified atom stereocenters. The molecule has 0 fully saturated rings. The molecule has 0 aromatic heterocycles. The van der Waals surface area contributed by atoms with Crippen molar-refractivity contribution in [2.24, 2.45) is 4.99 Å². The molecule has 2 heteroatoms. The number of ether oxygens (including phenoxy) is 1. The quantitative estimate of drug-likeness (QED) is 0.544. The van der Waals surface area contributed by atoms with Crippen LogP contribution in [-0.2, 0) is 4.74 Å². The van der Waals surface area contributed by atoms with Gasteiger partial charge in [0.1, 0.15) is 0 Å². The third kappa shape index (κ3) is 2.60. The van der Waals surface area contributed by atoms with Crippen LogP contribution in [0.3, 0.4) is 0 Å². The van der Waals surface area contributed by atoms with Crippen molar-refractivity contribution < 1.29 is 4.74 Å². The highest BCUT2D eigenvalue weighted by Crippen LogP contribution is 1.94. The van der Waals surface area contributed by atoms with Crippen LogP contribution in [0.25, 0.3) is 0 Å². The van der Waals surface area contributed by atoms with E-state index in [0.717, 1.165) is 5.71 Å². The molecule has 0 aliphatic heterocycles. The second-order valence-electron chi connectivity index (χ2n) is 1.82. The molecule has 0 aliphatic carbocycles. The first-order valence-electron chi connectivity index (χ1n) is 3.10. The molecule has 0 spiro atoms. The SMILES string of the molecule is C=CN=C(C=C)C(C)OC. The van der Waals surface area contributed by atoms with Crippen LogP contribution in [0, 0.1) is 0 Å². The number of methoxy groups -OCH3 is 1. The zero-order chi connectivity index (χ0) is 7.98. The molecule has 0 aliphatic rings. The minimum atomic E-state index is -0.00417. The Kier molecular flexibility index (Phi) is 4.50. The van der Waals surface area contributed by atoms with Gasteiger partial charge in [0.25, 0.3) is 0 Å². The molecule has 0 saturated carbocycles. The first-order valence-corrected chi connectivity index (χ1v) is 3.10. The molecule has 0 radical (unpaired) electrons. The lowest BCUT2D eigenvalue weighted by Crippen LogP contribution is -2.16. The van der Waals surface area contributed by atoms with Crippen molar-refractivity contribution in [3.05, 3.63) is 25.4 Å². The molecule has 0 amide bonds. The van der Waals surface area contributed by atoms with Crippen LogP contribution >= 0.6 is 0 Å². The van der Waals surface area contributed by atoms with Gasteiger partial charge in [0.05, 0.1) is 11.8 Å². The van der Waals surface area contributed by atoms with Gasteiger partial charge in [-0.1, -0.05) is 13.2 Å². The zero-order valence-corrected chi connectivity index (χ0v) is 6.50. The van der Waals surface area contributed by atoms with Gasteiger partial charge in [-0.3, -0.25) is 4.99 Å². The fourth-order valence-electron chi connectivity index (χ4n) is 0.550. The Balaban J connectivity index is 4.18. The lowest BCUT2D eigenvalue weighted by molar-refractivity contribution is 0.171. The summed E-state index contributed by atoms with van der Waals surface area (Å²) in [6, 6.07) is 0. The van der Waals surface area contributed by atoms with Gasteiger partial charge >= 0.3 is 0 Å².